The molecule has 1 aromatic rings. The number of hydrogen-bond donors (Lipinski definition) is 0. The maximum atomic E-state index is 11.8. The lowest BCUT2D eigenvalue weighted by Crippen LogP contribution is -2.16. The van der Waals surface area contributed by atoms with Gasteiger partial charge in [0.1, 0.15) is 0 Å². The van der Waals surface area contributed by atoms with E-state index in [-0.39, 0.29) is 11.7 Å². The molecule has 1 heterocycles. The van der Waals surface area contributed by atoms with Crippen LogP contribution in [0.25, 0.3) is 0 Å². The van der Waals surface area contributed by atoms with Crippen molar-refractivity contribution in [3.8, 4) is 0 Å². The third-order valence-electron chi connectivity index (χ3n) is 2.39. The Hall–Kier alpha value is -0.960. The van der Waals surface area contributed by atoms with E-state index < -0.39 is 0 Å². The van der Waals surface area contributed by atoms with Crippen LogP contribution in [0.5, 0.6) is 0 Å². The normalized spacial score (nSPS) is 19.6. The van der Waals surface area contributed by atoms with Crippen LogP contribution in [-0.2, 0) is 0 Å². The zero-order valence-corrected chi connectivity index (χ0v) is 9.63. The molecule has 1 aliphatic rings. The van der Waals surface area contributed by atoms with Crippen LogP contribution in [0, 0.1) is 12.8 Å². The highest BCUT2D eigenvalue weighted by atomic mass is 79.9. The van der Waals surface area contributed by atoms with Gasteiger partial charge in [0.2, 0.25) is 0 Å². The van der Waals surface area contributed by atoms with E-state index in [2.05, 4.69) is 20.9 Å². The van der Waals surface area contributed by atoms with E-state index in [1.807, 2.05) is 26.0 Å². The smallest absolute Gasteiger partial charge is 0.173 e. The van der Waals surface area contributed by atoms with Gasteiger partial charge in [-0.3, -0.25) is 9.79 Å². The first kappa shape index (κ1) is 9.59. The quantitative estimate of drug-likeness (QED) is 0.696. The summed E-state index contributed by atoms with van der Waals surface area (Å²) in [6.45, 7) is 3.84. The molecule has 0 spiro atoms. The van der Waals surface area contributed by atoms with Gasteiger partial charge in [0.15, 0.2) is 5.78 Å². The Balaban J connectivity index is 2.64. The number of nitrogens with zero attached hydrogens (tertiary/aromatic N) is 1. The first-order chi connectivity index (χ1) is 6.59. The summed E-state index contributed by atoms with van der Waals surface area (Å²) in [6.07, 6.45) is 1.70. The number of ketones is 1. The van der Waals surface area contributed by atoms with Crippen molar-refractivity contribution in [1.29, 1.82) is 0 Å². The molecule has 0 bridgehead atoms. The van der Waals surface area contributed by atoms with Gasteiger partial charge in [0, 0.05) is 16.3 Å². The SMILES string of the molecule is Cc1cc2c(cc1Br)N=CC(C)C2=O. The minimum absolute atomic E-state index is 0.0944. The van der Waals surface area contributed by atoms with Gasteiger partial charge in [0.05, 0.1) is 11.6 Å². The monoisotopic (exact) mass is 251 g/mol. The summed E-state index contributed by atoms with van der Waals surface area (Å²) in [5, 5.41) is 0. The fourth-order valence-corrected chi connectivity index (χ4v) is 1.81. The first-order valence-electron chi connectivity index (χ1n) is 4.48. The highest BCUT2D eigenvalue weighted by Crippen LogP contribution is 2.31. The lowest BCUT2D eigenvalue weighted by atomic mass is 9.95. The summed E-state index contributed by atoms with van der Waals surface area (Å²) in [6, 6.07) is 3.79. The molecule has 0 aliphatic carbocycles. The molecule has 2 rings (SSSR count). The summed E-state index contributed by atoms with van der Waals surface area (Å²) in [5.41, 5.74) is 2.58. The minimum atomic E-state index is -0.0944. The number of hydrogen-bond acceptors (Lipinski definition) is 2. The van der Waals surface area contributed by atoms with Crippen LogP contribution in [0.2, 0.25) is 0 Å². The molecule has 0 aromatic heterocycles. The fraction of sp³-hybridized carbons (Fsp3) is 0.273. The van der Waals surface area contributed by atoms with Gasteiger partial charge in [0.25, 0.3) is 0 Å². The van der Waals surface area contributed by atoms with Crippen molar-refractivity contribution in [1.82, 2.24) is 0 Å². The molecule has 0 N–H and O–H groups in total. The Morgan fingerprint density at radius 2 is 2.14 bits per heavy atom. The average Bonchev–Trinajstić information content (AvgIpc) is 2.15. The van der Waals surface area contributed by atoms with Gasteiger partial charge < -0.3 is 0 Å². The Morgan fingerprint density at radius 1 is 1.43 bits per heavy atom. The summed E-state index contributed by atoms with van der Waals surface area (Å²) < 4.78 is 0.996. The highest BCUT2D eigenvalue weighted by Gasteiger charge is 2.21. The fourth-order valence-electron chi connectivity index (χ4n) is 1.48. The van der Waals surface area contributed by atoms with Gasteiger partial charge in [-0.05, 0) is 24.6 Å². The number of carbonyl (C=O) groups is 1. The van der Waals surface area contributed by atoms with Gasteiger partial charge in [-0.15, -0.1) is 0 Å². The van der Waals surface area contributed by atoms with E-state index in [9.17, 15) is 4.79 Å². The van der Waals surface area contributed by atoms with Crippen LogP contribution in [-0.4, -0.2) is 12.0 Å². The van der Waals surface area contributed by atoms with E-state index in [1.54, 1.807) is 6.21 Å². The highest BCUT2D eigenvalue weighted by molar-refractivity contribution is 9.10. The predicted octanol–water partition coefficient (Wildman–Crippen LogP) is 3.29. The number of rotatable bonds is 0. The van der Waals surface area contributed by atoms with Crippen LogP contribution in [0.1, 0.15) is 22.8 Å². The van der Waals surface area contributed by atoms with Gasteiger partial charge in [-0.2, -0.15) is 0 Å². The Labute approximate surface area is 91.2 Å². The Morgan fingerprint density at radius 3 is 2.86 bits per heavy atom. The second-order valence-electron chi connectivity index (χ2n) is 3.55. The number of carbonyl (C=O) groups excluding carboxylic acids is 1. The van der Waals surface area contributed by atoms with E-state index in [0.29, 0.717) is 0 Å². The number of benzene rings is 1. The van der Waals surface area contributed by atoms with E-state index in [0.717, 1.165) is 21.3 Å². The van der Waals surface area contributed by atoms with Crippen LogP contribution < -0.4 is 0 Å². The summed E-state index contributed by atoms with van der Waals surface area (Å²) in [7, 11) is 0. The molecule has 14 heavy (non-hydrogen) atoms. The zero-order valence-electron chi connectivity index (χ0n) is 8.04. The van der Waals surface area contributed by atoms with Crippen LogP contribution in [0.4, 0.5) is 5.69 Å². The molecule has 1 unspecified atom stereocenters. The molecule has 1 atom stereocenters. The summed E-state index contributed by atoms with van der Waals surface area (Å²) in [4.78, 5) is 16.0. The number of halogens is 1. The molecule has 0 amide bonds. The first-order valence-corrected chi connectivity index (χ1v) is 5.27. The molecule has 1 aromatic carbocycles. The third kappa shape index (κ3) is 1.42. The van der Waals surface area contributed by atoms with Crippen LogP contribution in [0.3, 0.4) is 0 Å². The second-order valence-corrected chi connectivity index (χ2v) is 4.40. The number of aryl methyl sites for hydroxylation is 1. The maximum absolute atomic E-state index is 11.8. The second kappa shape index (κ2) is 3.31. The molecule has 3 heteroatoms. The molecule has 1 aliphatic heterocycles. The van der Waals surface area contributed by atoms with Gasteiger partial charge >= 0.3 is 0 Å². The maximum Gasteiger partial charge on any atom is 0.173 e. The van der Waals surface area contributed by atoms with Crippen molar-refractivity contribution < 1.29 is 4.79 Å². The largest absolute Gasteiger partial charge is 0.293 e. The molecule has 0 radical (unpaired) electrons. The zero-order chi connectivity index (χ0) is 10.3. The van der Waals surface area contributed by atoms with E-state index in [1.165, 1.54) is 0 Å². The molecular weight excluding hydrogens is 242 g/mol. The third-order valence-corrected chi connectivity index (χ3v) is 3.25. The van der Waals surface area contributed by atoms with E-state index in [4.69, 9.17) is 0 Å². The Bertz CT molecular complexity index is 437. The minimum Gasteiger partial charge on any atom is -0.293 e. The lowest BCUT2D eigenvalue weighted by Gasteiger charge is -2.14. The van der Waals surface area contributed by atoms with Gasteiger partial charge in [-0.25, -0.2) is 0 Å². The number of fused-ring (bicyclic) bond motifs is 1. The topological polar surface area (TPSA) is 29.4 Å². The van der Waals surface area contributed by atoms with Crippen LogP contribution >= 0.6 is 15.9 Å². The molecule has 2 nitrogen and oxygen atoms in total. The lowest BCUT2D eigenvalue weighted by molar-refractivity contribution is 0.0962. The van der Waals surface area contributed by atoms with Crippen molar-refractivity contribution >= 4 is 33.6 Å². The summed E-state index contributed by atoms with van der Waals surface area (Å²) >= 11 is 3.42. The van der Waals surface area contributed by atoms with Crippen molar-refractivity contribution in [2.45, 2.75) is 13.8 Å². The number of Topliss-reactive ketones (excluding diaryl/α,β-unsaturated/α-hetero) is 1. The molecular formula is C11H10BrNO. The van der Waals surface area contributed by atoms with Crippen molar-refractivity contribution in [3.63, 3.8) is 0 Å². The summed E-state index contributed by atoms with van der Waals surface area (Å²) in [5.74, 6) is 0.0636. The molecule has 0 saturated carbocycles. The van der Waals surface area contributed by atoms with Crippen LogP contribution in [0.15, 0.2) is 21.6 Å². The average molecular weight is 252 g/mol. The van der Waals surface area contributed by atoms with Crippen molar-refractivity contribution in [3.05, 3.63) is 27.7 Å². The predicted molar refractivity (Wildman–Crippen MR) is 60.5 cm³/mol. The number of aliphatic imine (C=N–C) groups is 1. The Kier molecular flexibility index (Phi) is 2.27. The molecule has 0 fully saturated rings. The molecule has 0 saturated heterocycles. The van der Waals surface area contributed by atoms with E-state index >= 15 is 0 Å². The van der Waals surface area contributed by atoms with Gasteiger partial charge in [-0.1, -0.05) is 22.9 Å². The molecule has 72 valence electrons. The van der Waals surface area contributed by atoms with Crippen molar-refractivity contribution in [2.75, 3.05) is 0 Å². The standard InChI is InChI=1S/C11H10BrNO/c1-6-3-8-10(4-9(6)12)13-5-7(2)11(8)14/h3-5,7H,1-2H3. The van der Waals surface area contributed by atoms with Crippen molar-refractivity contribution in [2.24, 2.45) is 10.9 Å².